The average Bonchev–Trinajstić information content (AvgIpc) is 3.14. The highest BCUT2D eigenvalue weighted by molar-refractivity contribution is 5.55. The largest absolute Gasteiger partial charge is 0.327 e. The van der Waals surface area contributed by atoms with Crippen molar-refractivity contribution in [1.29, 1.82) is 0 Å². The molecule has 0 aliphatic rings. The number of aromatic nitrogens is 2. The molecular weight excluding hydrogens is 342 g/mol. The van der Waals surface area contributed by atoms with Gasteiger partial charge in [0.1, 0.15) is 5.82 Å². The van der Waals surface area contributed by atoms with Gasteiger partial charge in [-0.05, 0) is 24.9 Å². The van der Waals surface area contributed by atoms with Crippen LogP contribution in [0.1, 0.15) is 50.8 Å². The normalized spacial score (nSPS) is 11.2. The topological polar surface area (TPSA) is 21.1 Å². The van der Waals surface area contributed by atoms with Gasteiger partial charge in [0.05, 0.1) is 11.9 Å². The van der Waals surface area contributed by atoms with Gasteiger partial charge in [-0.1, -0.05) is 87.4 Å². The first kappa shape index (κ1) is 20.3. The number of hydrogen-bond acceptors (Lipinski definition) is 2. The summed E-state index contributed by atoms with van der Waals surface area (Å²) in [5.74, 6) is 1.10. The summed E-state index contributed by atoms with van der Waals surface area (Å²) in [7, 11) is 0. The Bertz CT molecular complexity index is 808. The zero-order valence-electron chi connectivity index (χ0n) is 17.3. The van der Waals surface area contributed by atoms with Crippen LogP contribution in [0.15, 0.2) is 66.9 Å². The first-order valence-corrected chi connectivity index (χ1v) is 10.7. The molecule has 0 aliphatic heterocycles. The molecule has 0 fully saturated rings. The summed E-state index contributed by atoms with van der Waals surface area (Å²) < 4.78 is 2.43. The quantitative estimate of drug-likeness (QED) is 0.400. The van der Waals surface area contributed by atoms with Crippen molar-refractivity contribution in [2.45, 2.75) is 59.2 Å². The second-order valence-electron chi connectivity index (χ2n) is 7.49. The van der Waals surface area contributed by atoms with Crippen LogP contribution in [0.5, 0.6) is 0 Å². The first-order chi connectivity index (χ1) is 13.8. The van der Waals surface area contributed by atoms with Crippen LogP contribution in [-0.4, -0.2) is 21.0 Å². The molecule has 0 radical (unpaired) electrons. The van der Waals surface area contributed by atoms with Crippen molar-refractivity contribution in [3.8, 4) is 11.4 Å². The molecule has 3 heteroatoms. The van der Waals surface area contributed by atoms with Gasteiger partial charge in [0.15, 0.2) is 0 Å². The Hall–Kier alpha value is -2.39. The van der Waals surface area contributed by atoms with E-state index < -0.39 is 0 Å². The Morgan fingerprint density at radius 1 is 0.821 bits per heavy atom. The van der Waals surface area contributed by atoms with Crippen molar-refractivity contribution >= 4 is 0 Å². The molecule has 1 aromatic heterocycles. The molecule has 148 valence electrons. The van der Waals surface area contributed by atoms with E-state index in [4.69, 9.17) is 4.98 Å². The van der Waals surface area contributed by atoms with Crippen molar-refractivity contribution in [3.63, 3.8) is 0 Å². The van der Waals surface area contributed by atoms with Crippen molar-refractivity contribution < 1.29 is 0 Å². The summed E-state index contributed by atoms with van der Waals surface area (Å²) in [6.45, 7) is 8.59. The molecule has 3 rings (SSSR count). The Balaban J connectivity index is 1.83. The van der Waals surface area contributed by atoms with Crippen molar-refractivity contribution in [3.05, 3.63) is 78.1 Å². The third kappa shape index (κ3) is 5.56. The maximum atomic E-state index is 4.82. The van der Waals surface area contributed by atoms with Crippen LogP contribution in [-0.2, 0) is 19.6 Å². The molecule has 0 N–H and O–H groups in total. The molecular formula is C25H33N3. The van der Waals surface area contributed by atoms with Crippen LogP contribution in [0.2, 0.25) is 0 Å². The van der Waals surface area contributed by atoms with E-state index in [0.29, 0.717) is 0 Å². The van der Waals surface area contributed by atoms with E-state index in [1.807, 2.05) is 0 Å². The second-order valence-corrected chi connectivity index (χ2v) is 7.49. The number of nitrogens with zero attached hydrogens (tertiary/aromatic N) is 3. The average molecular weight is 376 g/mol. The highest BCUT2D eigenvalue weighted by Crippen LogP contribution is 2.22. The zero-order chi connectivity index (χ0) is 19.6. The third-order valence-corrected chi connectivity index (χ3v) is 5.17. The molecule has 0 amide bonds. The fourth-order valence-electron chi connectivity index (χ4n) is 3.59. The minimum atomic E-state index is 0.943. The predicted molar refractivity (Wildman–Crippen MR) is 118 cm³/mol. The van der Waals surface area contributed by atoms with E-state index in [2.05, 4.69) is 90.2 Å². The summed E-state index contributed by atoms with van der Waals surface area (Å²) in [6, 6.07) is 21.4. The lowest BCUT2D eigenvalue weighted by atomic mass is 10.2. The summed E-state index contributed by atoms with van der Waals surface area (Å²) in [4.78, 5) is 7.38. The Morgan fingerprint density at radius 2 is 1.50 bits per heavy atom. The monoisotopic (exact) mass is 375 g/mol. The molecule has 3 aromatic rings. The molecule has 28 heavy (non-hydrogen) atoms. The van der Waals surface area contributed by atoms with E-state index >= 15 is 0 Å². The third-order valence-electron chi connectivity index (χ3n) is 5.17. The fraction of sp³-hybridized carbons (Fsp3) is 0.400. The number of hydrogen-bond donors (Lipinski definition) is 0. The molecule has 1 heterocycles. The standard InChI is InChI=1S/C25H33N3/c1-3-5-17-27(20-22-13-9-7-10-14-22)21-24-19-26-25(28(24)18-6-4-2)23-15-11-8-12-16-23/h7-16,19H,3-6,17-18,20-21H2,1-2H3. The van der Waals surface area contributed by atoms with Gasteiger partial charge >= 0.3 is 0 Å². The second kappa shape index (κ2) is 10.8. The van der Waals surface area contributed by atoms with Gasteiger partial charge in [-0.15, -0.1) is 0 Å². The first-order valence-electron chi connectivity index (χ1n) is 10.7. The Kier molecular flexibility index (Phi) is 7.86. The van der Waals surface area contributed by atoms with Crippen LogP contribution in [0, 0.1) is 0 Å². The highest BCUT2D eigenvalue weighted by Gasteiger charge is 2.15. The van der Waals surface area contributed by atoms with Gasteiger partial charge in [-0.2, -0.15) is 0 Å². The molecule has 3 nitrogen and oxygen atoms in total. The van der Waals surface area contributed by atoms with Gasteiger partial charge in [0.25, 0.3) is 0 Å². The van der Waals surface area contributed by atoms with Crippen LogP contribution >= 0.6 is 0 Å². The van der Waals surface area contributed by atoms with Gasteiger partial charge in [0, 0.05) is 25.2 Å². The highest BCUT2D eigenvalue weighted by atomic mass is 15.2. The predicted octanol–water partition coefficient (Wildman–Crippen LogP) is 6.15. The lowest BCUT2D eigenvalue weighted by molar-refractivity contribution is 0.246. The molecule has 0 atom stereocenters. The maximum absolute atomic E-state index is 4.82. The van der Waals surface area contributed by atoms with E-state index in [9.17, 15) is 0 Å². The zero-order valence-corrected chi connectivity index (χ0v) is 17.3. The molecule has 0 unspecified atom stereocenters. The van der Waals surface area contributed by atoms with Gasteiger partial charge < -0.3 is 4.57 Å². The summed E-state index contributed by atoms with van der Waals surface area (Å²) in [6.07, 6.45) is 6.89. The molecule has 0 aliphatic carbocycles. The van der Waals surface area contributed by atoms with Crippen molar-refractivity contribution in [2.24, 2.45) is 0 Å². The summed E-state index contributed by atoms with van der Waals surface area (Å²) in [5.41, 5.74) is 3.90. The van der Waals surface area contributed by atoms with Crippen LogP contribution in [0.4, 0.5) is 0 Å². The van der Waals surface area contributed by atoms with Gasteiger partial charge in [-0.3, -0.25) is 4.90 Å². The summed E-state index contributed by atoms with van der Waals surface area (Å²) in [5, 5.41) is 0. The fourth-order valence-corrected chi connectivity index (χ4v) is 3.59. The Morgan fingerprint density at radius 3 is 2.18 bits per heavy atom. The minimum Gasteiger partial charge on any atom is -0.327 e. The number of imidazole rings is 1. The number of rotatable bonds is 11. The van der Waals surface area contributed by atoms with Crippen molar-refractivity contribution in [1.82, 2.24) is 14.5 Å². The lowest BCUT2D eigenvalue weighted by Gasteiger charge is -2.23. The molecule has 0 spiro atoms. The van der Waals surface area contributed by atoms with E-state index in [1.165, 1.54) is 42.5 Å². The minimum absolute atomic E-state index is 0.943. The van der Waals surface area contributed by atoms with E-state index in [-0.39, 0.29) is 0 Å². The smallest absolute Gasteiger partial charge is 0.140 e. The molecule has 2 aromatic carbocycles. The number of unbranched alkanes of at least 4 members (excludes halogenated alkanes) is 2. The SMILES string of the molecule is CCCCN(Cc1ccccc1)Cc1cnc(-c2ccccc2)n1CCCC. The van der Waals surface area contributed by atoms with Gasteiger partial charge in [-0.25, -0.2) is 4.98 Å². The Labute approximate surface area is 170 Å². The lowest BCUT2D eigenvalue weighted by Crippen LogP contribution is -2.25. The van der Waals surface area contributed by atoms with Crippen LogP contribution < -0.4 is 0 Å². The molecule has 0 saturated heterocycles. The maximum Gasteiger partial charge on any atom is 0.140 e. The molecule has 0 bridgehead atoms. The van der Waals surface area contributed by atoms with E-state index in [0.717, 1.165) is 32.0 Å². The van der Waals surface area contributed by atoms with Crippen molar-refractivity contribution in [2.75, 3.05) is 6.54 Å². The van der Waals surface area contributed by atoms with Gasteiger partial charge in [0.2, 0.25) is 0 Å². The molecule has 0 saturated carbocycles. The van der Waals surface area contributed by atoms with Crippen LogP contribution in [0.25, 0.3) is 11.4 Å². The van der Waals surface area contributed by atoms with E-state index in [1.54, 1.807) is 0 Å². The number of benzene rings is 2. The summed E-state index contributed by atoms with van der Waals surface area (Å²) >= 11 is 0. The van der Waals surface area contributed by atoms with Crippen LogP contribution in [0.3, 0.4) is 0 Å².